The van der Waals surface area contributed by atoms with Crippen LogP contribution in [0.4, 0.5) is 13.2 Å². The van der Waals surface area contributed by atoms with Crippen LogP contribution in [0.5, 0.6) is 0 Å². The number of nitrogens with one attached hydrogen (secondary N) is 3. The molecule has 0 fully saturated rings. The van der Waals surface area contributed by atoms with E-state index in [0.717, 1.165) is 55.1 Å². The molecule has 0 bridgehead atoms. The maximum Gasteiger partial charge on any atom is 0.416 e. The monoisotopic (exact) mass is 602 g/mol. The Hall–Kier alpha value is -3.28. The summed E-state index contributed by atoms with van der Waals surface area (Å²) in [6.07, 6.45) is 0.927. The van der Waals surface area contributed by atoms with E-state index in [1.807, 2.05) is 6.07 Å². The zero-order chi connectivity index (χ0) is 30.5. The van der Waals surface area contributed by atoms with Crippen LogP contribution in [0, 0.1) is 0 Å². The highest BCUT2D eigenvalue weighted by Crippen LogP contribution is 2.32. The average molecular weight is 603 g/mol. The van der Waals surface area contributed by atoms with E-state index in [-0.39, 0.29) is 30.3 Å². The summed E-state index contributed by atoms with van der Waals surface area (Å²) in [6, 6.07) is 12.1. The fraction of sp³-hybridized carbons (Fsp3) is 0.419. The second-order valence-electron chi connectivity index (χ2n) is 11.8. The maximum absolute atomic E-state index is 13.3. The number of aryl methyl sites for hydroxylation is 1. The molecule has 1 aliphatic carbocycles. The van der Waals surface area contributed by atoms with E-state index in [1.165, 1.54) is 5.56 Å². The summed E-state index contributed by atoms with van der Waals surface area (Å²) >= 11 is 0. The molecular formula is C31H37F3N4O3S. The number of aromatic nitrogens is 1. The number of benzene rings is 2. The summed E-state index contributed by atoms with van der Waals surface area (Å²) in [7, 11) is -4.37. The SMILES string of the molecule is CC(C)(C)NCc1ccc2c(c1)CCC[C@H]2NC(=O)C[C@H](Cc1cccnc1)NS(=O)(=O)c1cccc(C(F)(F)F)c1. The molecular weight excluding hydrogens is 565 g/mol. The average Bonchev–Trinajstić information content (AvgIpc) is 2.91. The van der Waals surface area contributed by atoms with Gasteiger partial charge in [-0.3, -0.25) is 9.78 Å². The molecule has 0 aliphatic heterocycles. The van der Waals surface area contributed by atoms with Crippen LogP contribution in [0.2, 0.25) is 0 Å². The minimum atomic E-state index is -4.69. The first kappa shape index (κ1) is 31.7. The van der Waals surface area contributed by atoms with E-state index >= 15 is 0 Å². The predicted octanol–water partition coefficient (Wildman–Crippen LogP) is 5.46. The number of carbonyl (C=O) groups excluding carboxylic acids is 1. The molecule has 1 heterocycles. The van der Waals surface area contributed by atoms with Crippen molar-refractivity contribution in [3.05, 3.63) is 94.8 Å². The van der Waals surface area contributed by atoms with E-state index in [4.69, 9.17) is 0 Å². The van der Waals surface area contributed by atoms with Crippen LogP contribution in [-0.4, -0.2) is 30.9 Å². The molecule has 1 aliphatic rings. The van der Waals surface area contributed by atoms with Gasteiger partial charge >= 0.3 is 6.18 Å². The number of amides is 1. The molecule has 2 atom stereocenters. The third kappa shape index (κ3) is 8.86. The molecule has 1 amide bonds. The molecule has 0 saturated heterocycles. The molecule has 11 heteroatoms. The van der Waals surface area contributed by atoms with Crippen molar-refractivity contribution in [2.45, 2.75) is 88.1 Å². The standard InChI is InChI=1S/C31H37F3N4O3S/c1-30(2,3)36-20-22-12-13-27-23(15-22)8-4-11-28(27)37-29(39)18-25(16-21-7-6-14-35-19-21)38-42(40,41)26-10-5-9-24(17-26)31(32,33)34/h5-7,9-10,12-15,17,19,25,28,36,38H,4,8,11,16,18,20H2,1-3H3,(H,37,39)/t25-,28+/m0/s1. The highest BCUT2D eigenvalue weighted by Gasteiger charge is 2.32. The molecule has 3 N–H and O–H groups in total. The van der Waals surface area contributed by atoms with Crippen LogP contribution in [0.3, 0.4) is 0 Å². The Balaban J connectivity index is 1.50. The number of nitrogens with zero attached hydrogens (tertiary/aromatic N) is 1. The van der Waals surface area contributed by atoms with Gasteiger partial charge in [0.1, 0.15) is 0 Å². The van der Waals surface area contributed by atoms with Gasteiger partial charge in [-0.05, 0) is 93.0 Å². The van der Waals surface area contributed by atoms with Crippen LogP contribution in [0.15, 0.2) is 71.9 Å². The summed E-state index contributed by atoms with van der Waals surface area (Å²) < 4.78 is 68.5. The summed E-state index contributed by atoms with van der Waals surface area (Å²) in [6.45, 7) is 7.06. The van der Waals surface area contributed by atoms with Crippen molar-refractivity contribution in [1.82, 2.24) is 20.3 Å². The second kappa shape index (κ2) is 12.9. The Bertz CT molecular complexity index is 1490. The van der Waals surface area contributed by atoms with E-state index < -0.39 is 32.7 Å². The largest absolute Gasteiger partial charge is 0.416 e. The van der Waals surface area contributed by atoms with Gasteiger partial charge in [0.05, 0.1) is 16.5 Å². The van der Waals surface area contributed by atoms with Crippen molar-refractivity contribution < 1.29 is 26.4 Å². The number of alkyl halides is 3. The second-order valence-corrected chi connectivity index (χ2v) is 13.5. The van der Waals surface area contributed by atoms with Gasteiger partial charge in [-0.2, -0.15) is 13.2 Å². The lowest BCUT2D eigenvalue weighted by atomic mass is 9.86. The zero-order valence-corrected chi connectivity index (χ0v) is 24.8. The molecule has 2 aromatic carbocycles. The highest BCUT2D eigenvalue weighted by atomic mass is 32.2. The van der Waals surface area contributed by atoms with Crippen molar-refractivity contribution in [3.8, 4) is 0 Å². The molecule has 0 spiro atoms. The smallest absolute Gasteiger partial charge is 0.349 e. The van der Waals surface area contributed by atoms with Gasteiger partial charge < -0.3 is 10.6 Å². The minimum absolute atomic E-state index is 0.0125. The van der Waals surface area contributed by atoms with Gasteiger partial charge in [0.2, 0.25) is 15.9 Å². The molecule has 3 aromatic rings. The lowest BCUT2D eigenvalue weighted by molar-refractivity contribution is -0.137. The third-order valence-corrected chi connectivity index (χ3v) is 8.63. The van der Waals surface area contributed by atoms with E-state index in [0.29, 0.717) is 11.6 Å². The molecule has 226 valence electrons. The molecule has 4 rings (SSSR count). The highest BCUT2D eigenvalue weighted by molar-refractivity contribution is 7.89. The van der Waals surface area contributed by atoms with E-state index in [2.05, 4.69) is 53.2 Å². The summed E-state index contributed by atoms with van der Waals surface area (Å²) in [4.78, 5) is 16.8. The number of hydrogen-bond donors (Lipinski definition) is 3. The minimum Gasteiger partial charge on any atom is -0.349 e. The third-order valence-electron chi connectivity index (χ3n) is 7.11. The van der Waals surface area contributed by atoms with Gasteiger partial charge in [-0.15, -0.1) is 0 Å². The van der Waals surface area contributed by atoms with Crippen LogP contribution < -0.4 is 15.4 Å². The Morgan fingerprint density at radius 1 is 1.05 bits per heavy atom. The molecule has 42 heavy (non-hydrogen) atoms. The van der Waals surface area contributed by atoms with Crippen LogP contribution >= 0.6 is 0 Å². The summed E-state index contributed by atoms with van der Waals surface area (Å²) in [5.41, 5.74) is 2.98. The quantitative estimate of drug-likeness (QED) is 0.286. The fourth-order valence-electron chi connectivity index (χ4n) is 5.06. The van der Waals surface area contributed by atoms with Crippen molar-refractivity contribution >= 4 is 15.9 Å². The molecule has 7 nitrogen and oxygen atoms in total. The molecule has 0 unspecified atom stereocenters. The van der Waals surface area contributed by atoms with Crippen LogP contribution in [0.1, 0.15) is 73.9 Å². The van der Waals surface area contributed by atoms with Gasteiger partial charge in [-0.25, -0.2) is 13.1 Å². The van der Waals surface area contributed by atoms with Crippen molar-refractivity contribution in [3.63, 3.8) is 0 Å². The molecule has 0 radical (unpaired) electrons. The van der Waals surface area contributed by atoms with E-state index in [1.54, 1.807) is 24.5 Å². The van der Waals surface area contributed by atoms with Crippen LogP contribution in [-0.2, 0) is 40.4 Å². The Kier molecular flexibility index (Phi) is 9.74. The van der Waals surface area contributed by atoms with Crippen molar-refractivity contribution in [1.29, 1.82) is 0 Å². The lowest BCUT2D eigenvalue weighted by Gasteiger charge is -2.28. The number of hydrogen-bond acceptors (Lipinski definition) is 5. The number of sulfonamides is 1. The number of pyridine rings is 1. The predicted molar refractivity (Wildman–Crippen MR) is 155 cm³/mol. The molecule has 0 saturated carbocycles. The van der Waals surface area contributed by atoms with Crippen LogP contribution in [0.25, 0.3) is 0 Å². The fourth-order valence-corrected chi connectivity index (χ4v) is 6.34. The Labute approximate surface area is 245 Å². The Morgan fingerprint density at radius 2 is 1.83 bits per heavy atom. The van der Waals surface area contributed by atoms with Gasteiger partial charge in [0.25, 0.3) is 0 Å². The number of halogens is 3. The first-order valence-electron chi connectivity index (χ1n) is 13.9. The normalized spacial score (nSPS) is 16.5. The first-order valence-corrected chi connectivity index (χ1v) is 15.4. The molecule has 1 aromatic heterocycles. The topological polar surface area (TPSA) is 100 Å². The number of rotatable bonds is 10. The lowest BCUT2D eigenvalue weighted by Crippen LogP contribution is -2.41. The van der Waals surface area contributed by atoms with E-state index in [9.17, 15) is 26.4 Å². The van der Waals surface area contributed by atoms with Gasteiger partial charge in [-0.1, -0.05) is 30.3 Å². The van der Waals surface area contributed by atoms with Gasteiger partial charge in [0.15, 0.2) is 0 Å². The van der Waals surface area contributed by atoms with Crippen molar-refractivity contribution in [2.24, 2.45) is 0 Å². The summed E-state index contributed by atoms with van der Waals surface area (Å²) in [5, 5.41) is 6.55. The Morgan fingerprint density at radius 3 is 2.52 bits per heavy atom. The van der Waals surface area contributed by atoms with Crippen molar-refractivity contribution in [2.75, 3.05) is 0 Å². The number of fused-ring (bicyclic) bond motifs is 1. The summed E-state index contributed by atoms with van der Waals surface area (Å²) in [5.74, 6) is -0.355. The number of carbonyl (C=O) groups is 1. The first-order chi connectivity index (χ1) is 19.7. The zero-order valence-electron chi connectivity index (χ0n) is 24.0. The van der Waals surface area contributed by atoms with Gasteiger partial charge in [0, 0.05) is 36.9 Å². The maximum atomic E-state index is 13.3.